The Morgan fingerprint density at radius 3 is 2.39 bits per heavy atom. The Morgan fingerprint density at radius 2 is 1.73 bits per heavy atom. The predicted octanol–water partition coefficient (Wildman–Crippen LogP) is 3.88. The van der Waals surface area contributed by atoms with Crippen LogP contribution in [-0.2, 0) is 11.4 Å². The second-order valence-electron chi connectivity index (χ2n) is 7.04. The summed E-state index contributed by atoms with van der Waals surface area (Å²) in [6, 6.07) is 20.2. The highest BCUT2D eigenvalue weighted by atomic mass is 32.2. The molecule has 0 spiro atoms. The molecular formula is C25H18NO6S-. The number of carboxylic acids is 1. The molecule has 0 unspecified atom stereocenters. The maximum atomic E-state index is 12.8. The Bertz CT molecular complexity index is 1240. The lowest BCUT2D eigenvalue weighted by Crippen LogP contribution is -2.27. The van der Waals surface area contributed by atoms with Crippen molar-refractivity contribution in [2.75, 3.05) is 12.0 Å². The molecule has 33 heavy (non-hydrogen) atoms. The van der Waals surface area contributed by atoms with Crippen molar-refractivity contribution in [1.29, 1.82) is 0 Å². The van der Waals surface area contributed by atoms with Gasteiger partial charge in [-0.3, -0.25) is 9.59 Å². The number of amides is 2. The third-order valence-electron chi connectivity index (χ3n) is 4.88. The van der Waals surface area contributed by atoms with E-state index in [0.29, 0.717) is 27.7 Å². The molecule has 1 fully saturated rings. The first-order valence-electron chi connectivity index (χ1n) is 9.90. The second-order valence-corrected chi connectivity index (χ2v) is 8.03. The van der Waals surface area contributed by atoms with Crippen LogP contribution < -0.4 is 19.5 Å². The summed E-state index contributed by atoms with van der Waals surface area (Å²) < 4.78 is 11.2. The van der Waals surface area contributed by atoms with Gasteiger partial charge in [-0.2, -0.15) is 0 Å². The highest BCUT2D eigenvalue weighted by molar-refractivity contribution is 8.19. The third kappa shape index (κ3) is 4.91. The average molecular weight is 460 g/mol. The number of imide groups is 1. The number of thioether (sulfide) groups is 1. The first-order chi connectivity index (χ1) is 16.0. The summed E-state index contributed by atoms with van der Waals surface area (Å²) in [5.41, 5.74) is 2.08. The molecule has 2 amide bonds. The molecule has 3 aromatic carbocycles. The van der Waals surface area contributed by atoms with E-state index in [0.717, 1.165) is 22.2 Å². The fourth-order valence-electron chi connectivity index (χ4n) is 3.21. The fraction of sp³-hybridized carbons (Fsp3) is 0.0800. The molecule has 0 saturated carbocycles. The van der Waals surface area contributed by atoms with Crippen molar-refractivity contribution in [2.24, 2.45) is 0 Å². The number of hydrogen-bond donors (Lipinski definition) is 0. The van der Waals surface area contributed by atoms with Gasteiger partial charge in [0.05, 0.1) is 23.7 Å². The first-order valence-corrected chi connectivity index (χ1v) is 10.7. The molecule has 8 heteroatoms. The molecule has 3 aromatic rings. The number of anilines is 1. The highest BCUT2D eigenvalue weighted by Crippen LogP contribution is 2.37. The van der Waals surface area contributed by atoms with E-state index in [4.69, 9.17) is 9.47 Å². The van der Waals surface area contributed by atoms with Gasteiger partial charge >= 0.3 is 0 Å². The van der Waals surface area contributed by atoms with Crippen LogP contribution >= 0.6 is 11.8 Å². The number of hydrogen-bond acceptors (Lipinski definition) is 7. The lowest BCUT2D eigenvalue weighted by atomic mass is 10.1. The number of nitrogens with zero attached hydrogens (tertiary/aromatic N) is 1. The number of carbonyl (C=O) groups excluding carboxylic acids is 3. The van der Waals surface area contributed by atoms with Crippen molar-refractivity contribution in [3.8, 4) is 11.5 Å². The quantitative estimate of drug-likeness (QED) is 0.494. The molecule has 0 bridgehead atoms. The number of carboxylic acid groups (broad SMARTS) is 1. The van der Waals surface area contributed by atoms with Gasteiger partial charge in [0.2, 0.25) is 0 Å². The van der Waals surface area contributed by atoms with E-state index in [1.54, 1.807) is 60.7 Å². The number of para-hydroxylation sites is 1. The minimum atomic E-state index is -1.23. The zero-order chi connectivity index (χ0) is 23.4. The van der Waals surface area contributed by atoms with Crippen LogP contribution in [0.3, 0.4) is 0 Å². The summed E-state index contributed by atoms with van der Waals surface area (Å²) in [7, 11) is 1.50. The monoisotopic (exact) mass is 460 g/mol. The van der Waals surface area contributed by atoms with E-state index in [1.165, 1.54) is 19.2 Å². The van der Waals surface area contributed by atoms with Crippen molar-refractivity contribution < 1.29 is 29.0 Å². The zero-order valence-electron chi connectivity index (χ0n) is 17.5. The van der Waals surface area contributed by atoms with E-state index in [1.807, 2.05) is 6.07 Å². The van der Waals surface area contributed by atoms with Crippen LogP contribution in [0, 0.1) is 0 Å². The van der Waals surface area contributed by atoms with E-state index in [9.17, 15) is 19.5 Å². The minimum absolute atomic E-state index is 0.0948. The van der Waals surface area contributed by atoms with Gasteiger partial charge in [0.25, 0.3) is 11.1 Å². The Labute approximate surface area is 194 Å². The van der Waals surface area contributed by atoms with Crippen LogP contribution in [0.25, 0.3) is 6.08 Å². The Balaban J connectivity index is 1.49. The topological polar surface area (TPSA) is 96.0 Å². The van der Waals surface area contributed by atoms with Crippen molar-refractivity contribution in [2.45, 2.75) is 6.61 Å². The van der Waals surface area contributed by atoms with Crippen LogP contribution in [0.15, 0.2) is 77.7 Å². The van der Waals surface area contributed by atoms with Crippen molar-refractivity contribution in [3.05, 3.63) is 94.4 Å². The summed E-state index contributed by atoms with van der Waals surface area (Å²) in [5.74, 6) is -0.676. The van der Waals surface area contributed by atoms with Crippen molar-refractivity contribution in [1.82, 2.24) is 0 Å². The van der Waals surface area contributed by atoms with E-state index in [2.05, 4.69) is 0 Å². The smallest absolute Gasteiger partial charge is 0.298 e. The maximum Gasteiger partial charge on any atom is 0.298 e. The van der Waals surface area contributed by atoms with E-state index >= 15 is 0 Å². The van der Waals surface area contributed by atoms with Crippen LogP contribution in [0.2, 0.25) is 0 Å². The molecule has 7 nitrogen and oxygen atoms in total. The fourth-order valence-corrected chi connectivity index (χ4v) is 4.05. The Kier molecular flexibility index (Phi) is 6.46. The molecule has 0 atom stereocenters. The number of carbonyl (C=O) groups is 3. The predicted molar refractivity (Wildman–Crippen MR) is 123 cm³/mol. The number of rotatable bonds is 7. The van der Waals surface area contributed by atoms with Crippen LogP contribution in [0.1, 0.15) is 21.5 Å². The van der Waals surface area contributed by atoms with Gasteiger partial charge in [0.15, 0.2) is 11.5 Å². The van der Waals surface area contributed by atoms with E-state index < -0.39 is 5.97 Å². The molecule has 1 aliphatic heterocycles. The molecule has 0 radical (unpaired) electrons. The molecule has 0 N–H and O–H groups in total. The van der Waals surface area contributed by atoms with Crippen molar-refractivity contribution >= 4 is 40.6 Å². The SMILES string of the molecule is COc1cc(/C=C2/SC(=O)N(c3ccccc3)C2=O)ccc1OCc1ccc(C(=O)[O-])cc1. The molecular weight excluding hydrogens is 442 g/mol. The molecule has 166 valence electrons. The standard InChI is InChI=1S/C25H19NO6S/c1-31-21-13-17(9-12-20(21)32-15-16-7-10-18(11-8-16)24(28)29)14-22-23(27)26(25(30)33-22)19-5-3-2-4-6-19/h2-14H,15H2,1H3,(H,28,29)/p-1/b22-14+. The summed E-state index contributed by atoms with van der Waals surface area (Å²) in [6.07, 6.45) is 1.64. The summed E-state index contributed by atoms with van der Waals surface area (Å²) in [6.45, 7) is 0.207. The normalized spacial score (nSPS) is 14.6. The number of benzene rings is 3. The van der Waals surface area contributed by atoms with Crippen LogP contribution in [-0.4, -0.2) is 24.2 Å². The van der Waals surface area contributed by atoms with Gasteiger partial charge in [-0.25, -0.2) is 4.90 Å². The van der Waals surface area contributed by atoms with Gasteiger partial charge in [0.1, 0.15) is 6.61 Å². The van der Waals surface area contributed by atoms with Gasteiger partial charge in [-0.05, 0) is 58.8 Å². The van der Waals surface area contributed by atoms with Gasteiger partial charge < -0.3 is 19.4 Å². The summed E-state index contributed by atoms with van der Waals surface area (Å²) >= 11 is 0.880. The molecule has 4 rings (SSSR count). The largest absolute Gasteiger partial charge is 0.545 e. The lowest BCUT2D eigenvalue weighted by molar-refractivity contribution is -0.255. The molecule has 0 aromatic heterocycles. The third-order valence-corrected chi connectivity index (χ3v) is 5.75. The first kappa shape index (κ1) is 22.2. The highest BCUT2D eigenvalue weighted by Gasteiger charge is 2.36. The Hall–Kier alpha value is -4.04. The zero-order valence-corrected chi connectivity index (χ0v) is 18.3. The summed E-state index contributed by atoms with van der Waals surface area (Å²) in [4.78, 5) is 37.5. The number of aromatic carboxylic acids is 1. The van der Waals surface area contributed by atoms with Crippen LogP contribution in [0.5, 0.6) is 11.5 Å². The molecule has 1 heterocycles. The number of ether oxygens (including phenoxy) is 2. The van der Waals surface area contributed by atoms with Gasteiger partial charge in [0, 0.05) is 0 Å². The minimum Gasteiger partial charge on any atom is -0.545 e. The maximum absolute atomic E-state index is 12.8. The summed E-state index contributed by atoms with van der Waals surface area (Å²) in [5, 5.41) is 10.5. The number of methoxy groups -OCH3 is 1. The van der Waals surface area contributed by atoms with Crippen LogP contribution in [0.4, 0.5) is 10.5 Å². The van der Waals surface area contributed by atoms with Crippen molar-refractivity contribution in [3.63, 3.8) is 0 Å². The second kappa shape index (κ2) is 9.62. The van der Waals surface area contributed by atoms with Gasteiger partial charge in [-0.1, -0.05) is 48.5 Å². The average Bonchev–Trinajstić information content (AvgIpc) is 3.11. The van der Waals surface area contributed by atoms with E-state index in [-0.39, 0.29) is 23.3 Å². The molecule has 0 aliphatic carbocycles. The van der Waals surface area contributed by atoms with Gasteiger partial charge in [-0.15, -0.1) is 0 Å². The lowest BCUT2D eigenvalue weighted by Gasteiger charge is -2.12. The molecule has 1 saturated heterocycles. The Morgan fingerprint density at radius 1 is 1.00 bits per heavy atom. The molecule has 1 aliphatic rings.